The highest BCUT2D eigenvalue weighted by atomic mass is 16.5. The lowest BCUT2D eigenvalue weighted by Crippen LogP contribution is -2.40. The molecule has 1 aromatic carbocycles. The van der Waals surface area contributed by atoms with Gasteiger partial charge in [0.25, 0.3) is 0 Å². The summed E-state index contributed by atoms with van der Waals surface area (Å²) in [6.07, 6.45) is 2.30. The number of benzene rings is 1. The van der Waals surface area contributed by atoms with E-state index in [1.807, 2.05) is 6.07 Å². The van der Waals surface area contributed by atoms with Gasteiger partial charge in [-0.1, -0.05) is 44.2 Å². The van der Waals surface area contributed by atoms with E-state index in [2.05, 4.69) is 60.2 Å². The molecule has 152 valence electrons. The SMILES string of the molecule is CCNC(=NCCCN(CC)CC)N1CCC(COCc2ccccc2)C1. The molecule has 1 aromatic rings. The largest absolute Gasteiger partial charge is 0.376 e. The van der Waals surface area contributed by atoms with E-state index in [-0.39, 0.29) is 0 Å². The van der Waals surface area contributed by atoms with Crippen LogP contribution in [0.15, 0.2) is 35.3 Å². The first-order valence-corrected chi connectivity index (χ1v) is 10.6. The van der Waals surface area contributed by atoms with Gasteiger partial charge < -0.3 is 19.9 Å². The van der Waals surface area contributed by atoms with Crippen LogP contribution in [0.3, 0.4) is 0 Å². The highest BCUT2D eigenvalue weighted by Crippen LogP contribution is 2.17. The zero-order chi connectivity index (χ0) is 19.3. The number of ether oxygens (including phenoxy) is 1. The molecule has 1 aliphatic heterocycles. The van der Waals surface area contributed by atoms with Crippen LogP contribution < -0.4 is 5.32 Å². The Balaban J connectivity index is 1.72. The lowest BCUT2D eigenvalue weighted by molar-refractivity contribution is 0.0906. The molecule has 5 heteroatoms. The van der Waals surface area contributed by atoms with Crippen molar-refractivity contribution in [3.05, 3.63) is 35.9 Å². The quantitative estimate of drug-likeness (QED) is 0.367. The van der Waals surface area contributed by atoms with Crippen molar-refractivity contribution in [3.8, 4) is 0 Å². The summed E-state index contributed by atoms with van der Waals surface area (Å²) in [6.45, 7) is 15.4. The minimum atomic E-state index is 0.591. The van der Waals surface area contributed by atoms with Crippen LogP contribution in [-0.4, -0.2) is 68.2 Å². The van der Waals surface area contributed by atoms with Crippen molar-refractivity contribution in [1.29, 1.82) is 0 Å². The van der Waals surface area contributed by atoms with Gasteiger partial charge in [-0.25, -0.2) is 0 Å². The summed E-state index contributed by atoms with van der Waals surface area (Å²) in [6, 6.07) is 10.4. The molecule has 27 heavy (non-hydrogen) atoms. The van der Waals surface area contributed by atoms with Crippen LogP contribution in [0.25, 0.3) is 0 Å². The number of aliphatic imine (C=N–C) groups is 1. The normalized spacial score (nSPS) is 17.7. The predicted molar refractivity (Wildman–Crippen MR) is 114 cm³/mol. The Morgan fingerprint density at radius 3 is 2.70 bits per heavy atom. The molecule has 1 aliphatic rings. The van der Waals surface area contributed by atoms with Crippen molar-refractivity contribution in [2.45, 2.75) is 40.2 Å². The van der Waals surface area contributed by atoms with Crippen LogP contribution in [0.1, 0.15) is 39.2 Å². The molecule has 0 bridgehead atoms. The monoisotopic (exact) mass is 374 g/mol. The number of rotatable bonds is 11. The molecule has 1 unspecified atom stereocenters. The summed E-state index contributed by atoms with van der Waals surface area (Å²) in [4.78, 5) is 9.72. The fourth-order valence-electron chi connectivity index (χ4n) is 3.52. The third kappa shape index (κ3) is 7.89. The second-order valence-electron chi connectivity index (χ2n) is 7.22. The minimum Gasteiger partial charge on any atom is -0.376 e. The minimum absolute atomic E-state index is 0.591. The van der Waals surface area contributed by atoms with Crippen LogP contribution in [0.4, 0.5) is 0 Å². The molecule has 2 rings (SSSR count). The Morgan fingerprint density at radius 1 is 1.22 bits per heavy atom. The van der Waals surface area contributed by atoms with Crippen molar-refractivity contribution >= 4 is 5.96 Å². The second kappa shape index (κ2) is 12.7. The molecule has 0 aromatic heterocycles. The molecule has 1 atom stereocenters. The van der Waals surface area contributed by atoms with E-state index in [1.54, 1.807) is 0 Å². The van der Waals surface area contributed by atoms with Gasteiger partial charge in [0.15, 0.2) is 5.96 Å². The molecule has 0 amide bonds. The number of hydrogen-bond donors (Lipinski definition) is 1. The maximum atomic E-state index is 5.95. The van der Waals surface area contributed by atoms with E-state index in [4.69, 9.17) is 9.73 Å². The summed E-state index contributed by atoms with van der Waals surface area (Å²) in [5.41, 5.74) is 1.25. The van der Waals surface area contributed by atoms with Crippen molar-refractivity contribution in [1.82, 2.24) is 15.1 Å². The van der Waals surface area contributed by atoms with Gasteiger partial charge in [-0.2, -0.15) is 0 Å². The topological polar surface area (TPSA) is 40.1 Å². The Bertz CT molecular complexity index is 530. The van der Waals surface area contributed by atoms with Crippen LogP contribution >= 0.6 is 0 Å². The van der Waals surface area contributed by atoms with Crippen LogP contribution in [0, 0.1) is 5.92 Å². The molecule has 1 heterocycles. The first kappa shape index (κ1) is 21.7. The van der Waals surface area contributed by atoms with Crippen molar-refractivity contribution in [2.24, 2.45) is 10.9 Å². The molecule has 1 fully saturated rings. The summed E-state index contributed by atoms with van der Waals surface area (Å²) in [5, 5.41) is 3.46. The number of guanidine groups is 1. The Labute approximate surface area is 165 Å². The summed E-state index contributed by atoms with van der Waals surface area (Å²) in [5.74, 6) is 1.66. The van der Waals surface area contributed by atoms with E-state index >= 15 is 0 Å². The van der Waals surface area contributed by atoms with E-state index in [1.165, 1.54) is 12.0 Å². The van der Waals surface area contributed by atoms with Crippen LogP contribution in [-0.2, 0) is 11.3 Å². The Kier molecular flexibility index (Phi) is 10.2. The molecule has 5 nitrogen and oxygen atoms in total. The van der Waals surface area contributed by atoms with Gasteiger partial charge in [-0.15, -0.1) is 0 Å². The smallest absolute Gasteiger partial charge is 0.193 e. The Morgan fingerprint density at radius 2 is 2.00 bits per heavy atom. The zero-order valence-corrected chi connectivity index (χ0v) is 17.5. The Hall–Kier alpha value is -1.59. The van der Waals surface area contributed by atoms with E-state index in [9.17, 15) is 0 Å². The van der Waals surface area contributed by atoms with Crippen molar-refractivity contribution < 1.29 is 4.74 Å². The van der Waals surface area contributed by atoms with Gasteiger partial charge in [0.1, 0.15) is 0 Å². The average molecular weight is 375 g/mol. The van der Waals surface area contributed by atoms with E-state index in [0.717, 1.165) is 64.8 Å². The highest BCUT2D eigenvalue weighted by Gasteiger charge is 2.24. The lowest BCUT2D eigenvalue weighted by atomic mass is 10.1. The molecule has 0 saturated carbocycles. The predicted octanol–water partition coefficient (Wildman–Crippen LogP) is 3.22. The number of likely N-dealkylation sites (tertiary alicyclic amines) is 1. The summed E-state index contributed by atoms with van der Waals surface area (Å²) in [7, 11) is 0. The standard InChI is InChI=1S/C22H38N4O/c1-4-23-22(24-14-10-15-25(5-2)6-3)26-16-13-21(17-26)19-27-18-20-11-8-7-9-12-20/h7-9,11-12,21H,4-6,10,13-19H2,1-3H3,(H,23,24). The van der Waals surface area contributed by atoms with E-state index < -0.39 is 0 Å². The summed E-state index contributed by atoms with van der Waals surface area (Å²) < 4.78 is 5.95. The third-order valence-electron chi connectivity index (χ3n) is 5.17. The van der Waals surface area contributed by atoms with E-state index in [0.29, 0.717) is 12.5 Å². The fourth-order valence-corrected chi connectivity index (χ4v) is 3.52. The second-order valence-corrected chi connectivity index (χ2v) is 7.22. The summed E-state index contributed by atoms with van der Waals surface area (Å²) >= 11 is 0. The van der Waals surface area contributed by atoms with Crippen LogP contribution in [0.2, 0.25) is 0 Å². The molecule has 0 radical (unpaired) electrons. The molecule has 0 aliphatic carbocycles. The maximum Gasteiger partial charge on any atom is 0.193 e. The van der Waals surface area contributed by atoms with Gasteiger partial charge in [0.05, 0.1) is 13.2 Å². The molecular formula is C22H38N4O. The zero-order valence-electron chi connectivity index (χ0n) is 17.5. The maximum absolute atomic E-state index is 5.95. The van der Waals surface area contributed by atoms with Crippen molar-refractivity contribution in [2.75, 3.05) is 52.4 Å². The van der Waals surface area contributed by atoms with Gasteiger partial charge in [0, 0.05) is 32.1 Å². The third-order valence-corrected chi connectivity index (χ3v) is 5.17. The van der Waals surface area contributed by atoms with Gasteiger partial charge >= 0.3 is 0 Å². The van der Waals surface area contributed by atoms with Crippen LogP contribution in [0.5, 0.6) is 0 Å². The average Bonchev–Trinajstić information content (AvgIpc) is 3.17. The lowest BCUT2D eigenvalue weighted by Gasteiger charge is -2.22. The van der Waals surface area contributed by atoms with Gasteiger partial charge in [0.2, 0.25) is 0 Å². The number of nitrogens with zero attached hydrogens (tertiary/aromatic N) is 3. The fraction of sp³-hybridized carbons (Fsp3) is 0.682. The number of hydrogen-bond acceptors (Lipinski definition) is 3. The molecular weight excluding hydrogens is 336 g/mol. The molecule has 0 spiro atoms. The van der Waals surface area contributed by atoms with Gasteiger partial charge in [-0.05, 0) is 45.0 Å². The van der Waals surface area contributed by atoms with Crippen molar-refractivity contribution in [3.63, 3.8) is 0 Å². The number of nitrogens with one attached hydrogen (secondary N) is 1. The van der Waals surface area contributed by atoms with Gasteiger partial charge in [-0.3, -0.25) is 4.99 Å². The first-order chi connectivity index (χ1) is 13.3. The molecule has 1 N–H and O–H groups in total. The molecule has 1 saturated heterocycles. The highest BCUT2D eigenvalue weighted by molar-refractivity contribution is 5.80. The first-order valence-electron chi connectivity index (χ1n) is 10.6.